The molecule has 1 aromatic rings. The molecule has 1 aromatic carbocycles. The van der Waals surface area contributed by atoms with Gasteiger partial charge in [-0.25, -0.2) is 9.98 Å². The van der Waals surface area contributed by atoms with Crippen LogP contribution < -0.4 is 11.5 Å². The lowest BCUT2D eigenvalue weighted by Crippen LogP contribution is -2.76. The van der Waals surface area contributed by atoms with E-state index in [9.17, 15) is 20.2 Å². The zero-order valence-corrected chi connectivity index (χ0v) is 18.1. The highest BCUT2D eigenvalue weighted by Gasteiger charge is 2.76. The molecule has 1 saturated heterocycles. The van der Waals surface area contributed by atoms with Gasteiger partial charge in [-0.05, 0) is 37.5 Å². The smallest absolute Gasteiger partial charge is 0.317 e. The summed E-state index contributed by atoms with van der Waals surface area (Å²) in [6.45, 7) is 0.968. The van der Waals surface area contributed by atoms with Crippen molar-refractivity contribution in [2.45, 2.75) is 54.6 Å². The maximum atomic E-state index is 13.3. The molecule has 0 bridgehead atoms. The summed E-state index contributed by atoms with van der Waals surface area (Å²) in [7, 11) is 0. The summed E-state index contributed by atoms with van der Waals surface area (Å²) in [6.07, 6.45) is 0.139. The van der Waals surface area contributed by atoms with Crippen LogP contribution in [0, 0.1) is 0 Å². The van der Waals surface area contributed by atoms with Crippen molar-refractivity contribution in [2.75, 3.05) is 13.2 Å². The van der Waals surface area contributed by atoms with E-state index < -0.39 is 47.4 Å². The van der Waals surface area contributed by atoms with Crippen molar-refractivity contribution < 1.29 is 25.0 Å². The minimum atomic E-state index is -1.86. The Morgan fingerprint density at radius 1 is 1.25 bits per heavy atom. The van der Waals surface area contributed by atoms with Gasteiger partial charge in [0.2, 0.25) is 11.6 Å². The van der Waals surface area contributed by atoms with Crippen molar-refractivity contribution in [3.05, 3.63) is 34.9 Å². The number of ether oxygens (including phenoxy) is 1. The topological polar surface area (TPSA) is 170 Å². The SMILES string of the molecule is CC1(O)C(OC(=O)C2(c3ccc(Cl)cc3)CC2)CN2C(N)=NC(CO)C3N=C(N)N(O)C321. The number of aliphatic imine (C=N–C) groups is 2. The van der Waals surface area contributed by atoms with Gasteiger partial charge in [-0.15, -0.1) is 0 Å². The van der Waals surface area contributed by atoms with E-state index in [2.05, 4.69) is 9.98 Å². The zero-order chi connectivity index (χ0) is 23.1. The maximum Gasteiger partial charge on any atom is 0.317 e. The number of halogens is 1. The normalized spacial score (nSPS) is 36.8. The molecule has 32 heavy (non-hydrogen) atoms. The second kappa shape index (κ2) is 6.70. The number of hydrogen-bond donors (Lipinski definition) is 5. The van der Waals surface area contributed by atoms with E-state index in [1.54, 1.807) is 24.3 Å². The van der Waals surface area contributed by atoms with Crippen LogP contribution in [0.5, 0.6) is 0 Å². The van der Waals surface area contributed by atoms with E-state index in [1.165, 1.54) is 11.8 Å². The van der Waals surface area contributed by atoms with Gasteiger partial charge in [-0.1, -0.05) is 23.7 Å². The minimum Gasteiger partial charge on any atom is -0.457 e. The van der Waals surface area contributed by atoms with Crippen molar-refractivity contribution >= 4 is 29.5 Å². The summed E-state index contributed by atoms with van der Waals surface area (Å²) in [6, 6.07) is 5.24. The van der Waals surface area contributed by atoms with Gasteiger partial charge < -0.3 is 31.3 Å². The van der Waals surface area contributed by atoms with Crippen molar-refractivity contribution in [1.82, 2.24) is 9.96 Å². The quantitative estimate of drug-likeness (QED) is 0.355. The van der Waals surface area contributed by atoms with E-state index in [-0.39, 0.29) is 18.5 Å². The number of benzene rings is 1. The summed E-state index contributed by atoms with van der Waals surface area (Å²) < 4.78 is 5.87. The van der Waals surface area contributed by atoms with Crippen LogP contribution in [0.15, 0.2) is 34.3 Å². The van der Waals surface area contributed by atoms with Crippen LogP contribution in [0.1, 0.15) is 25.3 Å². The molecule has 4 aliphatic rings. The third kappa shape index (κ3) is 2.50. The fourth-order valence-electron chi connectivity index (χ4n) is 5.34. The number of aliphatic hydroxyl groups excluding tert-OH is 1. The highest BCUT2D eigenvalue weighted by Crippen LogP contribution is 2.53. The first-order chi connectivity index (χ1) is 15.1. The maximum absolute atomic E-state index is 13.3. The Morgan fingerprint density at radius 2 is 1.91 bits per heavy atom. The van der Waals surface area contributed by atoms with Gasteiger partial charge in [-0.2, -0.15) is 5.06 Å². The molecule has 1 aliphatic carbocycles. The second-order valence-corrected chi connectivity index (χ2v) is 9.38. The molecular formula is C20H25ClN6O5. The third-order valence-corrected chi connectivity index (χ3v) is 7.52. The first kappa shape index (κ1) is 21.3. The van der Waals surface area contributed by atoms with Crippen molar-refractivity contribution in [3.63, 3.8) is 0 Å². The molecule has 3 heterocycles. The van der Waals surface area contributed by atoms with Crippen molar-refractivity contribution in [3.8, 4) is 0 Å². The fraction of sp³-hybridized carbons (Fsp3) is 0.550. The van der Waals surface area contributed by atoms with Crippen LogP contribution in [0.4, 0.5) is 0 Å². The Bertz CT molecular complexity index is 1030. The summed E-state index contributed by atoms with van der Waals surface area (Å²) in [5.41, 5.74) is 8.45. The molecular weight excluding hydrogens is 440 g/mol. The van der Waals surface area contributed by atoms with E-state index in [1.807, 2.05) is 0 Å². The fourth-order valence-corrected chi connectivity index (χ4v) is 5.47. The molecule has 1 spiro atoms. The molecule has 0 amide bonds. The van der Waals surface area contributed by atoms with Crippen LogP contribution in [0.25, 0.3) is 0 Å². The number of rotatable bonds is 4. The molecule has 12 heteroatoms. The van der Waals surface area contributed by atoms with Crippen LogP contribution in [-0.2, 0) is 14.9 Å². The third-order valence-electron chi connectivity index (χ3n) is 7.27. The molecule has 5 unspecified atom stereocenters. The molecule has 1 saturated carbocycles. The average molecular weight is 465 g/mol. The van der Waals surface area contributed by atoms with Crippen LogP contribution >= 0.6 is 11.6 Å². The number of hydroxylamine groups is 2. The molecule has 2 fully saturated rings. The van der Waals surface area contributed by atoms with E-state index >= 15 is 0 Å². The summed E-state index contributed by atoms with van der Waals surface area (Å²) >= 11 is 5.98. The Balaban J connectivity index is 1.49. The number of hydrogen-bond acceptors (Lipinski definition) is 11. The number of aliphatic hydroxyl groups is 2. The molecule has 0 radical (unpaired) electrons. The average Bonchev–Trinajstić information content (AvgIpc) is 3.47. The molecule has 0 aromatic heterocycles. The summed E-state index contributed by atoms with van der Waals surface area (Å²) in [4.78, 5) is 23.2. The standard InChI is InChI=1S/C20H25ClN6O5/c1-18(30)13(32-15(29)19(6-7-19)10-2-4-11(21)5-3-10)8-26-16(22)24-12(9-28)14-20(18,26)27(31)17(23)25-14/h2-5,12-14,28,30-31H,6-9H2,1H3,(H2,22,24)(H2,23,25). The molecule has 7 N–H and O–H groups in total. The van der Waals surface area contributed by atoms with Gasteiger partial charge in [0.15, 0.2) is 12.1 Å². The highest BCUT2D eigenvalue weighted by molar-refractivity contribution is 6.30. The van der Waals surface area contributed by atoms with E-state index in [0.717, 1.165) is 5.56 Å². The number of nitrogens with two attached hydrogens (primary N) is 2. The predicted molar refractivity (Wildman–Crippen MR) is 114 cm³/mol. The number of nitrogens with zero attached hydrogens (tertiary/aromatic N) is 4. The van der Waals surface area contributed by atoms with Crippen LogP contribution in [0.2, 0.25) is 5.02 Å². The molecule has 3 aliphatic heterocycles. The van der Waals surface area contributed by atoms with E-state index in [0.29, 0.717) is 22.9 Å². The van der Waals surface area contributed by atoms with Crippen molar-refractivity contribution in [1.29, 1.82) is 0 Å². The van der Waals surface area contributed by atoms with Gasteiger partial charge in [-0.3, -0.25) is 10.0 Å². The van der Waals surface area contributed by atoms with Crippen LogP contribution in [-0.4, -0.2) is 85.9 Å². The molecule has 11 nitrogen and oxygen atoms in total. The van der Waals surface area contributed by atoms with Gasteiger partial charge in [0.05, 0.1) is 18.6 Å². The molecule has 172 valence electrons. The largest absolute Gasteiger partial charge is 0.457 e. The zero-order valence-electron chi connectivity index (χ0n) is 17.3. The van der Waals surface area contributed by atoms with Crippen molar-refractivity contribution in [2.24, 2.45) is 21.5 Å². The Morgan fingerprint density at radius 3 is 2.50 bits per heavy atom. The van der Waals surface area contributed by atoms with Gasteiger partial charge in [0, 0.05) is 5.02 Å². The number of carbonyl (C=O) groups excluding carboxylic acids is 1. The van der Waals surface area contributed by atoms with Crippen LogP contribution in [0.3, 0.4) is 0 Å². The lowest BCUT2D eigenvalue weighted by atomic mass is 9.79. The number of esters is 1. The monoisotopic (exact) mass is 464 g/mol. The second-order valence-electron chi connectivity index (χ2n) is 8.95. The summed E-state index contributed by atoms with van der Waals surface area (Å²) in [5.74, 6) is -0.763. The Labute approximate surface area is 188 Å². The first-order valence-corrected chi connectivity index (χ1v) is 10.7. The molecule has 5 rings (SSSR count). The predicted octanol–water partition coefficient (Wildman–Crippen LogP) is -0.876. The summed E-state index contributed by atoms with van der Waals surface area (Å²) in [5, 5.41) is 33.6. The number of carbonyl (C=O) groups is 1. The Hall–Kier alpha value is -2.60. The minimum absolute atomic E-state index is 0.0260. The first-order valence-electron chi connectivity index (χ1n) is 10.3. The number of guanidine groups is 2. The van der Waals surface area contributed by atoms with Gasteiger partial charge >= 0.3 is 5.97 Å². The molecule has 5 atom stereocenters. The lowest BCUT2D eigenvalue weighted by Gasteiger charge is -2.51. The lowest BCUT2D eigenvalue weighted by molar-refractivity contribution is -0.232. The Kier molecular flexibility index (Phi) is 4.45. The van der Waals surface area contributed by atoms with Gasteiger partial charge in [0.25, 0.3) is 0 Å². The van der Waals surface area contributed by atoms with Gasteiger partial charge in [0.1, 0.15) is 17.7 Å². The highest BCUT2D eigenvalue weighted by atomic mass is 35.5. The van der Waals surface area contributed by atoms with E-state index in [4.69, 9.17) is 27.8 Å².